The maximum atomic E-state index is 12.2. The molecule has 3 aromatic rings. The standard InChI is InChI=1S/C18H20N6OS/c1-22-11-19-15-10-13(4-5-14(15)17(22)25)23-6-8-24(9-7-23)18-21-20-16(26-18)12-2-3-12/h4-5,10-12H,2-3,6-9H2,1H3. The molecule has 1 aliphatic carbocycles. The Morgan fingerprint density at radius 2 is 1.85 bits per heavy atom. The SMILES string of the molecule is Cn1cnc2cc(N3CCN(c4nnc(C5CC5)s4)CC3)ccc2c1=O. The predicted octanol–water partition coefficient (Wildman–Crippen LogP) is 1.99. The summed E-state index contributed by atoms with van der Waals surface area (Å²) in [4.78, 5) is 21.2. The molecule has 0 atom stereocenters. The van der Waals surface area contributed by atoms with Gasteiger partial charge in [0.05, 0.1) is 17.2 Å². The van der Waals surface area contributed by atoms with E-state index in [1.165, 1.54) is 22.4 Å². The van der Waals surface area contributed by atoms with Gasteiger partial charge in [-0.15, -0.1) is 10.2 Å². The summed E-state index contributed by atoms with van der Waals surface area (Å²) in [5.41, 5.74) is 1.87. The summed E-state index contributed by atoms with van der Waals surface area (Å²) >= 11 is 1.75. The van der Waals surface area contributed by atoms with Gasteiger partial charge < -0.3 is 14.4 Å². The van der Waals surface area contributed by atoms with Crippen molar-refractivity contribution in [3.8, 4) is 0 Å². The van der Waals surface area contributed by atoms with Crippen molar-refractivity contribution in [2.75, 3.05) is 36.0 Å². The zero-order chi connectivity index (χ0) is 17.7. The van der Waals surface area contributed by atoms with E-state index in [0.29, 0.717) is 11.3 Å². The molecule has 2 fully saturated rings. The number of fused-ring (bicyclic) bond motifs is 1. The third-order valence-corrected chi connectivity index (χ3v) is 6.32. The number of benzene rings is 1. The van der Waals surface area contributed by atoms with Crippen LogP contribution in [0.3, 0.4) is 0 Å². The Hall–Kier alpha value is -2.48. The van der Waals surface area contributed by atoms with Crippen LogP contribution in [0.15, 0.2) is 29.3 Å². The number of hydrogen-bond donors (Lipinski definition) is 0. The molecule has 0 amide bonds. The van der Waals surface area contributed by atoms with Gasteiger partial charge >= 0.3 is 0 Å². The monoisotopic (exact) mass is 368 g/mol. The van der Waals surface area contributed by atoms with Crippen LogP contribution >= 0.6 is 11.3 Å². The van der Waals surface area contributed by atoms with Crippen molar-refractivity contribution in [3.63, 3.8) is 0 Å². The molecule has 5 rings (SSSR count). The largest absolute Gasteiger partial charge is 0.368 e. The quantitative estimate of drug-likeness (QED) is 0.704. The van der Waals surface area contributed by atoms with Crippen molar-refractivity contribution in [2.45, 2.75) is 18.8 Å². The van der Waals surface area contributed by atoms with Gasteiger partial charge in [-0.3, -0.25) is 4.79 Å². The molecule has 8 heteroatoms. The summed E-state index contributed by atoms with van der Waals surface area (Å²) in [5, 5.41) is 11.7. The average molecular weight is 368 g/mol. The molecular formula is C18H20N6OS. The Kier molecular flexibility index (Phi) is 3.66. The zero-order valence-corrected chi connectivity index (χ0v) is 15.4. The van der Waals surface area contributed by atoms with Crippen LogP contribution < -0.4 is 15.4 Å². The van der Waals surface area contributed by atoms with Gasteiger partial charge in [-0.25, -0.2) is 4.98 Å². The molecule has 26 heavy (non-hydrogen) atoms. The maximum absolute atomic E-state index is 12.2. The second kappa shape index (κ2) is 6.05. The highest BCUT2D eigenvalue weighted by molar-refractivity contribution is 7.15. The molecule has 0 spiro atoms. The fraction of sp³-hybridized carbons (Fsp3) is 0.444. The van der Waals surface area contributed by atoms with E-state index in [2.05, 4.69) is 25.0 Å². The van der Waals surface area contributed by atoms with Gasteiger partial charge in [-0.05, 0) is 31.0 Å². The van der Waals surface area contributed by atoms with Gasteiger partial charge in [-0.2, -0.15) is 0 Å². The van der Waals surface area contributed by atoms with E-state index in [4.69, 9.17) is 0 Å². The molecule has 2 aliphatic rings. The smallest absolute Gasteiger partial charge is 0.260 e. The summed E-state index contributed by atoms with van der Waals surface area (Å²) < 4.78 is 1.51. The minimum atomic E-state index is -0.00546. The van der Waals surface area contributed by atoms with E-state index in [1.807, 2.05) is 18.2 Å². The van der Waals surface area contributed by atoms with Gasteiger partial charge in [0.25, 0.3) is 5.56 Å². The first-order valence-corrected chi connectivity index (χ1v) is 9.79. The van der Waals surface area contributed by atoms with Crippen LogP contribution in [0.4, 0.5) is 10.8 Å². The molecule has 1 aliphatic heterocycles. The van der Waals surface area contributed by atoms with Crippen LogP contribution in [0, 0.1) is 0 Å². The second-order valence-corrected chi connectivity index (χ2v) is 8.02. The Balaban J connectivity index is 1.32. The highest BCUT2D eigenvalue weighted by Gasteiger charge is 2.29. The van der Waals surface area contributed by atoms with Crippen molar-refractivity contribution in [3.05, 3.63) is 39.9 Å². The van der Waals surface area contributed by atoms with Crippen molar-refractivity contribution < 1.29 is 0 Å². The Labute approximate surface area is 154 Å². The molecule has 7 nitrogen and oxygen atoms in total. The molecule has 1 saturated heterocycles. The molecular weight excluding hydrogens is 348 g/mol. The van der Waals surface area contributed by atoms with Gasteiger partial charge in [0.1, 0.15) is 5.01 Å². The molecule has 0 N–H and O–H groups in total. The second-order valence-electron chi connectivity index (χ2n) is 7.03. The van der Waals surface area contributed by atoms with E-state index in [1.54, 1.807) is 24.7 Å². The summed E-state index contributed by atoms with van der Waals surface area (Å²) in [7, 11) is 1.73. The number of aromatic nitrogens is 4. The lowest BCUT2D eigenvalue weighted by Gasteiger charge is -2.35. The first kappa shape index (κ1) is 15.7. The molecule has 0 unspecified atom stereocenters. The summed E-state index contributed by atoms with van der Waals surface area (Å²) in [5.74, 6) is 0.667. The lowest BCUT2D eigenvalue weighted by atomic mass is 10.2. The fourth-order valence-electron chi connectivity index (χ4n) is 3.40. The highest BCUT2D eigenvalue weighted by atomic mass is 32.1. The van der Waals surface area contributed by atoms with E-state index >= 15 is 0 Å². The highest BCUT2D eigenvalue weighted by Crippen LogP contribution is 2.42. The molecule has 134 valence electrons. The van der Waals surface area contributed by atoms with E-state index < -0.39 is 0 Å². The lowest BCUT2D eigenvalue weighted by Crippen LogP contribution is -2.46. The van der Waals surface area contributed by atoms with Crippen LogP contribution in [0.2, 0.25) is 0 Å². The number of piperazine rings is 1. The number of rotatable bonds is 3. The van der Waals surface area contributed by atoms with Gasteiger partial charge in [0.2, 0.25) is 5.13 Å². The summed E-state index contributed by atoms with van der Waals surface area (Å²) in [6.45, 7) is 3.71. The van der Waals surface area contributed by atoms with Crippen LogP contribution in [-0.2, 0) is 7.05 Å². The normalized spacial score (nSPS) is 17.9. The number of nitrogens with zero attached hydrogens (tertiary/aromatic N) is 6. The van der Waals surface area contributed by atoms with Gasteiger partial charge in [0, 0.05) is 44.8 Å². The minimum absolute atomic E-state index is 0.00546. The molecule has 2 aromatic heterocycles. The van der Waals surface area contributed by atoms with Gasteiger partial charge in [-0.1, -0.05) is 11.3 Å². The number of aryl methyl sites for hydroxylation is 1. The Bertz CT molecular complexity index is 1020. The third kappa shape index (κ3) is 2.74. The van der Waals surface area contributed by atoms with E-state index in [9.17, 15) is 4.79 Å². The molecule has 1 aromatic carbocycles. The lowest BCUT2D eigenvalue weighted by molar-refractivity contribution is 0.649. The van der Waals surface area contributed by atoms with Crippen LogP contribution in [0.5, 0.6) is 0 Å². The van der Waals surface area contributed by atoms with Crippen LogP contribution in [-0.4, -0.2) is 45.9 Å². The van der Waals surface area contributed by atoms with E-state index in [-0.39, 0.29) is 5.56 Å². The van der Waals surface area contributed by atoms with Gasteiger partial charge in [0.15, 0.2) is 0 Å². The van der Waals surface area contributed by atoms with Crippen molar-refractivity contribution in [1.82, 2.24) is 19.7 Å². The van der Waals surface area contributed by atoms with Crippen LogP contribution in [0.25, 0.3) is 10.9 Å². The maximum Gasteiger partial charge on any atom is 0.260 e. The summed E-state index contributed by atoms with van der Waals surface area (Å²) in [6.07, 6.45) is 4.11. The predicted molar refractivity (Wildman–Crippen MR) is 103 cm³/mol. The minimum Gasteiger partial charge on any atom is -0.368 e. The van der Waals surface area contributed by atoms with Crippen LogP contribution in [0.1, 0.15) is 23.8 Å². The first-order chi connectivity index (χ1) is 12.7. The van der Waals surface area contributed by atoms with Crippen molar-refractivity contribution >= 4 is 33.1 Å². The Morgan fingerprint density at radius 1 is 1.08 bits per heavy atom. The Morgan fingerprint density at radius 3 is 2.62 bits per heavy atom. The molecule has 3 heterocycles. The molecule has 0 bridgehead atoms. The fourth-order valence-corrected chi connectivity index (χ4v) is 4.47. The number of hydrogen-bond acceptors (Lipinski definition) is 7. The third-order valence-electron chi connectivity index (χ3n) is 5.17. The van der Waals surface area contributed by atoms with Crippen molar-refractivity contribution in [2.24, 2.45) is 7.05 Å². The number of anilines is 2. The first-order valence-electron chi connectivity index (χ1n) is 8.98. The summed E-state index contributed by atoms with van der Waals surface area (Å²) in [6, 6.07) is 5.93. The average Bonchev–Trinajstić information content (AvgIpc) is 3.41. The molecule has 0 radical (unpaired) electrons. The topological polar surface area (TPSA) is 67.2 Å². The molecule has 1 saturated carbocycles. The zero-order valence-electron chi connectivity index (χ0n) is 14.6. The van der Waals surface area contributed by atoms with Crippen molar-refractivity contribution in [1.29, 1.82) is 0 Å². The van der Waals surface area contributed by atoms with E-state index in [0.717, 1.165) is 42.5 Å².